The summed E-state index contributed by atoms with van der Waals surface area (Å²) in [5.41, 5.74) is 1.34. The van der Waals surface area contributed by atoms with E-state index in [0.717, 1.165) is 16.3 Å². The molecule has 7 heteroatoms. The fourth-order valence-corrected chi connectivity index (χ4v) is 2.99. The number of nitro groups is 1. The van der Waals surface area contributed by atoms with Crippen molar-refractivity contribution in [1.29, 1.82) is 0 Å². The van der Waals surface area contributed by atoms with Crippen molar-refractivity contribution in [3.8, 4) is 0 Å². The number of nitro benzene ring substituents is 1. The molecule has 3 aromatic rings. The van der Waals surface area contributed by atoms with E-state index in [4.69, 9.17) is 4.74 Å². The van der Waals surface area contributed by atoms with Crippen LogP contribution in [0.5, 0.6) is 0 Å². The smallest absolute Gasteiger partial charge is 0.269 e. The number of benzene rings is 3. The number of carbonyl (C=O) groups excluding carboxylic acids is 1. The number of non-ortho nitro benzene ring substituents is 1. The highest BCUT2D eigenvalue weighted by Crippen LogP contribution is 2.32. The summed E-state index contributed by atoms with van der Waals surface area (Å²) in [6.07, 6.45) is -0.683. The van der Waals surface area contributed by atoms with E-state index in [1.165, 1.54) is 24.1 Å². The van der Waals surface area contributed by atoms with Crippen LogP contribution in [0.4, 0.5) is 5.69 Å². The fourth-order valence-electron chi connectivity index (χ4n) is 2.99. The summed E-state index contributed by atoms with van der Waals surface area (Å²) in [5, 5.41) is 18.5. The van der Waals surface area contributed by atoms with Crippen molar-refractivity contribution < 1.29 is 14.5 Å². The number of hydrazone groups is 1. The Morgan fingerprint density at radius 3 is 2.44 bits per heavy atom. The summed E-state index contributed by atoms with van der Waals surface area (Å²) in [6, 6.07) is 19.6. The zero-order valence-electron chi connectivity index (χ0n) is 14.4. The Hall–Kier alpha value is -3.74. The summed E-state index contributed by atoms with van der Waals surface area (Å²) in [5.74, 6) is -0.0108. The third-order valence-electron chi connectivity index (χ3n) is 4.35. The van der Waals surface area contributed by atoms with Gasteiger partial charge in [0.25, 0.3) is 5.69 Å². The fraction of sp³-hybridized carbons (Fsp3) is 0.100. The second-order valence-electron chi connectivity index (χ2n) is 6.15. The van der Waals surface area contributed by atoms with E-state index in [2.05, 4.69) is 5.10 Å². The van der Waals surface area contributed by atoms with Crippen LogP contribution in [0, 0.1) is 10.1 Å². The lowest BCUT2D eigenvalue weighted by Crippen LogP contribution is -2.25. The molecule has 134 valence electrons. The molecule has 0 saturated carbocycles. The molecule has 1 aliphatic heterocycles. The second kappa shape index (κ2) is 6.53. The highest BCUT2D eigenvalue weighted by atomic mass is 16.6. The SMILES string of the molecule is CC(=O)N1N=C(c2ccc([N+](=O)[O-])cc2)OC1c1ccc2ccccc2c1. The van der Waals surface area contributed by atoms with Gasteiger partial charge in [-0.2, -0.15) is 5.01 Å². The van der Waals surface area contributed by atoms with Crippen LogP contribution in [0.3, 0.4) is 0 Å². The maximum atomic E-state index is 12.1. The number of hydrogen-bond acceptors (Lipinski definition) is 5. The van der Waals surface area contributed by atoms with Crippen LogP contribution < -0.4 is 0 Å². The van der Waals surface area contributed by atoms with Crippen molar-refractivity contribution in [2.24, 2.45) is 5.10 Å². The van der Waals surface area contributed by atoms with E-state index in [9.17, 15) is 14.9 Å². The van der Waals surface area contributed by atoms with Gasteiger partial charge in [-0.05, 0) is 29.0 Å². The van der Waals surface area contributed by atoms with E-state index in [0.29, 0.717) is 5.56 Å². The molecule has 1 atom stereocenters. The molecule has 0 aliphatic carbocycles. The van der Waals surface area contributed by atoms with E-state index in [-0.39, 0.29) is 17.5 Å². The van der Waals surface area contributed by atoms with Crippen LogP contribution in [-0.4, -0.2) is 21.7 Å². The van der Waals surface area contributed by atoms with Gasteiger partial charge in [-0.3, -0.25) is 14.9 Å². The molecule has 0 N–H and O–H groups in total. The Morgan fingerprint density at radius 1 is 1.07 bits per heavy atom. The van der Waals surface area contributed by atoms with Gasteiger partial charge in [0, 0.05) is 30.2 Å². The summed E-state index contributed by atoms with van der Waals surface area (Å²) in [4.78, 5) is 22.4. The van der Waals surface area contributed by atoms with Gasteiger partial charge >= 0.3 is 0 Å². The highest BCUT2D eigenvalue weighted by molar-refractivity contribution is 5.96. The predicted molar refractivity (Wildman–Crippen MR) is 99.9 cm³/mol. The average Bonchev–Trinajstić information content (AvgIpc) is 3.13. The number of nitrogens with zero attached hydrogens (tertiary/aromatic N) is 3. The molecule has 0 radical (unpaired) electrons. The lowest BCUT2D eigenvalue weighted by Gasteiger charge is -2.19. The molecule has 1 aliphatic rings. The molecule has 0 spiro atoms. The molecule has 0 aromatic heterocycles. The molecule has 1 heterocycles. The molecule has 3 aromatic carbocycles. The third kappa shape index (κ3) is 3.10. The zero-order valence-corrected chi connectivity index (χ0v) is 14.4. The van der Waals surface area contributed by atoms with Crippen LogP contribution in [0.15, 0.2) is 71.8 Å². The largest absolute Gasteiger partial charge is 0.446 e. The zero-order chi connectivity index (χ0) is 19.0. The van der Waals surface area contributed by atoms with Crippen LogP contribution in [0.1, 0.15) is 24.3 Å². The maximum absolute atomic E-state index is 12.1. The van der Waals surface area contributed by atoms with Crippen molar-refractivity contribution in [2.45, 2.75) is 13.2 Å². The molecular formula is C20H15N3O4. The van der Waals surface area contributed by atoms with Crippen molar-refractivity contribution in [2.75, 3.05) is 0 Å². The summed E-state index contributed by atoms with van der Waals surface area (Å²) in [6.45, 7) is 1.42. The minimum absolute atomic E-state index is 0.0214. The van der Waals surface area contributed by atoms with Crippen molar-refractivity contribution in [3.63, 3.8) is 0 Å². The topological polar surface area (TPSA) is 85.0 Å². The van der Waals surface area contributed by atoms with E-state index in [1.807, 2.05) is 42.5 Å². The number of fused-ring (bicyclic) bond motifs is 1. The van der Waals surface area contributed by atoms with Crippen LogP contribution in [0.2, 0.25) is 0 Å². The molecule has 27 heavy (non-hydrogen) atoms. The molecule has 1 unspecified atom stereocenters. The van der Waals surface area contributed by atoms with E-state index >= 15 is 0 Å². The highest BCUT2D eigenvalue weighted by Gasteiger charge is 2.33. The predicted octanol–water partition coefficient (Wildman–Crippen LogP) is 3.99. The van der Waals surface area contributed by atoms with Gasteiger partial charge in [-0.1, -0.05) is 36.4 Å². The Labute approximate surface area is 154 Å². The average molecular weight is 361 g/mol. The lowest BCUT2D eigenvalue weighted by atomic mass is 10.1. The monoisotopic (exact) mass is 361 g/mol. The van der Waals surface area contributed by atoms with Crippen molar-refractivity contribution >= 4 is 28.3 Å². The van der Waals surface area contributed by atoms with Gasteiger partial charge in [0.05, 0.1) is 4.92 Å². The molecule has 0 fully saturated rings. The number of hydrogen-bond donors (Lipinski definition) is 0. The number of rotatable bonds is 3. The molecule has 4 rings (SSSR count). The van der Waals surface area contributed by atoms with Crippen LogP contribution >= 0.6 is 0 Å². The van der Waals surface area contributed by atoms with Gasteiger partial charge in [-0.15, -0.1) is 5.10 Å². The Kier molecular flexibility index (Phi) is 4.04. The van der Waals surface area contributed by atoms with Gasteiger partial charge < -0.3 is 4.74 Å². The van der Waals surface area contributed by atoms with Gasteiger partial charge in [-0.25, -0.2) is 0 Å². The Balaban J connectivity index is 1.68. The Bertz CT molecular complexity index is 1080. The summed E-state index contributed by atoms with van der Waals surface area (Å²) < 4.78 is 5.94. The minimum Gasteiger partial charge on any atom is -0.446 e. The first-order chi connectivity index (χ1) is 13.0. The summed E-state index contributed by atoms with van der Waals surface area (Å²) in [7, 11) is 0. The third-order valence-corrected chi connectivity index (χ3v) is 4.35. The normalized spacial score (nSPS) is 16.1. The molecular weight excluding hydrogens is 346 g/mol. The Morgan fingerprint density at radius 2 is 1.78 bits per heavy atom. The van der Waals surface area contributed by atoms with Gasteiger partial charge in [0.15, 0.2) is 0 Å². The van der Waals surface area contributed by atoms with E-state index < -0.39 is 11.2 Å². The lowest BCUT2D eigenvalue weighted by molar-refractivity contribution is -0.384. The van der Waals surface area contributed by atoms with Crippen molar-refractivity contribution in [1.82, 2.24) is 5.01 Å². The maximum Gasteiger partial charge on any atom is 0.269 e. The first-order valence-electron chi connectivity index (χ1n) is 8.31. The standard InChI is InChI=1S/C20H15N3O4/c1-13(24)22-20(17-7-6-14-4-2-3-5-16(14)12-17)27-19(21-22)15-8-10-18(11-9-15)23(25)26/h2-12,20H,1H3. The second-order valence-corrected chi connectivity index (χ2v) is 6.15. The summed E-state index contributed by atoms with van der Waals surface area (Å²) >= 11 is 0. The quantitative estimate of drug-likeness (QED) is 0.521. The number of ether oxygens (including phenoxy) is 1. The first-order valence-corrected chi connectivity index (χ1v) is 8.31. The minimum atomic E-state index is -0.683. The molecule has 1 amide bonds. The number of carbonyl (C=O) groups is 1. The van der Waals surface area contributed by atoms with Gasteiger partial charge in [0.2, 0.25) is 18.0 Å². The van der Waals surface area contributed by atoms with Crippen molar-refractivity contribution in [3.05, 3.63) is 88.0 Å². The van der Waals surface area contributed by atoms with Crippen LogP contribution in [0.25, 0.3) is 10.8 Å². The van der Waals surface area contributed by atoms with Crippen LogP contribution in [-0.2, 0) is 9.53 Å². The number of amides is 1. The van der Waals surface area contributed by atoms with Gasteiger partial charge in [0.1, 0.15) is 0 Å². The molecule has 7 nitrogen and oxygen atoms in total. The van der Waals surface area contributed by atoms with E-state index in [1.54, 1.807) is 12.1 Å². The molecule has 0 saturated heterocycles. The first kappa shape index (κ1) is 16.7. The molecule has 0 bridgehead atoms.